The van der Waals surface area contributed by atoms with E-state index in [2.05, 4.69) is 6.92 Å². The second-order valence-corrected chi connectivity index (χ2v) is 9.13. The highest BCUT2D eigenvalue weighted by molar-refractivity contribution is 5.94. The van der Waals surface area contributed by atoms with E-state index in [4.69, 9.17) is 4.74 Å². The highest BCUT2D eigenvalue weighted by Gasteiger charge is 2.28. The van der Waals surface area contributed by atoms with Crippen molar-refractivity contribution >= 4 is 11.9 Å². The third-order valence-corrected chi connectivity index (χ3v) is 6.45. The quantitative estimate of drug-likeness (QED) is 0.216. The fraction of sp³-hybridized carbons (Fsp3) is 0.704. The number of hydrogen-bond donors (Lipinski definition) is 0. The van der Waals surface area contributed by atoms with E-state index in [0.717, 1.165) is 12.8 Å². The van der Waals surface area contributed by atoms with Gasteiger partial charge in [-0.25, -0.2) is 4.39 Å². The third kappa shape index (κ3) is 10.1. The Morgan fingerprint density at radius 1 is 0.844 bits per heavy atom. The molecule has 0 unspecified atom stereocenters. The lowest BCUT2D eigenvalue weighted by molar-refractivity contribution is -0.150. The largest absolute Gasteiger partial charge is 0.465 e. The number of hydrogen-bond acceptors (Lipinski definition) is 3. The van der Waals surface area contributed by atoms with Gasteiger partial charge in [0.05, 0.1) is 12.5 Å². The van der Waals surface area contributed by atoms with Crippen LogP contribution in [0.15, 0.2) is 24.3 Å². The first-order valence-corrected chi connectivity index (χ1v) is 12.8. The van der Waals surface area contributed by atoms with Crippen molar-refractivity contribution in [1.29, 1.82) is 0 Å². The van der Waals surface area contributed by atoms with Crippen LogP contribution in [0.5, 0.6) is 0 Å². The van der Waals surface area contributed by atoms with Crippen molar-refractivity contribution in [2.24, 2.45) is 5.92 Å². The minimum atomic E-state index is -0.351. The zero-order valence-electron chi connectivity index (χ0n) is 20.0. The Bertz CT molecular complexity index is 653. The zero-order valence-corrected chi connectivity index (χ0v) is 20.0. The summed E-state index contributed by atoms with van der Waals surface area (Å²) in [5.41, 5.74) is 0.486. The van der Waals surface area contributed by atoms with Crippen LogP contribution in [0.4, 0.5) is 4.39 Å². The molecule has 2 rings (SSSR count). The Labute approximate surface area is 193 Å². The molecular weight excluding hydrogens is 405 g/mol. The van der Waals surface area contributed by atoms with E-state index < -0.39 is 0 Å². The van der Waals surface area contributed by atoms with Gasteiger partial charge in [0.15, 0.2) is 0 Å². The number of piperidine rings is 1. The summed E-state index contributed by atoms with van der Waals surface area (Å²) in [6.07, 6.45) is 16.7. The van der Waals surface area contributed by atoms with Crippen molar-refractivity contribution in [2.75, 3.05) is 19.7 Å². The second kappa shape index (κ2) is 15.8. The van der Waals surface area contributed by atoms with Crippen LogP contribution in [0.25, 0.3) is 0 Å². The van der Waals surface area contributed by atoms with Gasteiger partial charge in [0.1, 0.15) is 5.82 Å². The number of carbonyl (C=O) groups excluding carboxylic acids is 2. The van der Waals surface area contributed by atoms with Crippen molar-refractivity contribution in [3.63, 3.8) is 0 Å². The van der Waals surface area contributed by atoms with E-state index in [1.54, 1.807) is 4.90 Å². The molecule has 1 aliphatic heterocycles. The van der Waals surface area contributed by atoms with Crippen LogP contribution in [0.3, 0.4) is 0 Å². The Morgan fingerprint density at radius 2 is 1.34 bits per heavy atom. The highest BCUT2D eigenvalue weighted by atomic mass is 19.1. The molecule has 5 heteroatoms. The number of amides is 1. The van der Waals surface area contributed by atoms with Crippen molar-refractivity contribution in [3.8, 4) is 0 Å². The van der Waals surface area contributed by atoms with E-state index >= 15 is 0 Å². The number of halogens is 1. The molecule has 4 nitrogen and oxygen atoms in total. The van der Waals surface area contributed by atoms with Gasteiger partial charge < -0.3 is 9.64 Å². The van der Waals surface area contributed by atoms with Gasteiger partial charge in [0, 0.05) is 18.7 Å². The molecule has 0 aromatic heterocycles. The molecule has 1 saturated heterocycles. The van der Waals surface area contributed by atoms with E-state index in [-0.39, 0.29) is 23.6 Å². The Balaban J connectivity index is 1.46. The maximum Gasteiger partial charge on any atom is 0.309 e. The number of carbonyl (C=O) groups is 2. The lowest BCUT2D eigenvalue weighted by Crippen LogP contribution is -2.40. The van der Waals surface area contributed by atoms with Gasteiger partial charge in [-0.05, 0) is 43.5 Å². The standard InChI is InChI=1S/C27H42FNO3/c1-2-3-4-5-6-7-8-9-10-11-12-13-22-32-27(31)24-18-20-29(21-19-24)26(30)23-14-16-25(28)17-15-23/h14-17,24H,2-13,18-22H2,1H3. The number of unbranched alkanes of at least 4 members (excludes halogenated alkanes) is 11. The smallest absolute Gasteiger partial charge is 0.309 e. The van der Waals surface area contributed by atoms with Gasteiger partial charge in [-0.15, -0.1) is 0 Å². The molecule has 0 radical (unpaired) electrons. The van der Waals surface area contributed by atoms with Crippen molar-refractivity contribution in [2.45, 2.75) is 96.8 Å². The van der Waals surface area contributed by atoms with Crippen LogP contribution in [0.2, 0.25) is 0 Å². The van der Waals surface area contributed by atoms with Crippen molar-refractivity contribution in [1.82, 2.24) is 4.90 Å². The third-order valence-electron chi connectivity index (χ3n) is 6.45. The summed E-state index contributed by atoms with van der Waals surface area (Å²) in [7, 11) is 0. The molecule has 0 spiro atoms. The van der Waals surface area contributed by atoms with E-state index in [1.165, 1.54) is 88.5 Å². The maximum atomic E-state index is 13.0. The molecular formula is C27H42FNO3. The summed E-state index contributed by atoms with van der Waals surface area (Å²) >= 11 is 0. The second-order valence-electron chi connectivity index (χ2n) is 9.13. The number of likely N-dealkylation sites (tertiary alicyclic amines) is 1. The fourth-order valence-corrected chi connectivity index (χ4v) is 4.33. The lowest BCUT2D eigenvalue weighted by atomic mass is 9.96. The maximum absolute atomic E-state index is 13.0. The number of benzene rings is 1. The number of rotatable bonds is 15. The molecule has 0 atom stereocenters. The van der Waals surface area contributed by atoms with Crippen LogP contribution in [-0.2, 0) is 9.53 Å². The van der Waals surface area contributed by atoms with Crippen molar-refractivity contribution < 1.29 is 18.7 Å². The summed E-state index contributed by atoms with van der Waals surface area (Å²) in [4.78, 5) is 26.5. The van der Waals surface area contributed by atoms with Gasteiger partial charge in [0.25, 0.3) is 5.91 Å². The number of nitrogens with zero attached hydrogens (tertiary/aromatic N) is 1. The van der Waals surface area contributed by atoms with Crippen molar-refractivity contribution in [3.05, 3.63) is 35.6 Å². The Kier molecular flexibility index (Phi) is 13.0. The number of ether oxygens (including phenoxy) is 1. The van der Waals surface area contributed by atoms with Gasteiger partial charge in [0.2, 0.25) is 0 Å². The summed E-state index contributed by atoms with van der Waals surface area (Å²) in [6.45, 7) is 3.83. The number of esters is 1. The lowest BCUT2D eigenvalue weighted by Gasteiger charge is -2.31. The summed E-state index contributed by atoms with van der Waals surface area (Å²) < 4.78 is 18.5. The SMILES string of the molecule is CCCCCCCCCCCCCCOC(=O)C1CCN(C(=O)c2ccc(F)cc2)CC1. The molecule has 1 heterocycles. The molecule has 0 saturated carbocycles. The summed E-state index contributed by atoms with van der Waals surface area (Å²) in [6, 6.07) is 5.61. The predicted molar refractivity (Wildman–Crippen MR) is 127 cm³/mol. The molecule has 180 valence electrons. The fourth-order valence-electron chi connectivity index (χ4n) is 4.33. The molecule has 1 aromatic rings. The van der Waals surface area contributed by atoms with Gasteiger partial charge in [-0.3, -0.25) is 9.59 Å². The first kappa shape index (κ1) is 26.3. The molecule has 1 aromatic carbocycles. The minimum absolute atomic E-state index is 0.103. The molecule has 0 N–H and O–H groups in total. The first-order chi connectivity index (χ1) is 15.6. The minimum Gasteiger partial charge on any atom is -0.465 e. The van der Waals surface area contributed by atoms with Crippen LogP contribution in [-0.4, -0.2) is 36.5 Å². The average Bonchev–Trinajstić information content (AvgIpc) is 2.82. The first-order valence-electron chi connectivity index (χ1n) is 12.8. The topological polar surface area (TPSA) is 46.6 Å². The molecule has 0 bridgehead atoms. The highest BCUT2D eigenvalue weighted by Crippen LogP contribution is 2.21. The monoisotopic (exact) mass is 447 g/mol. The zero-order chi connectivity index (χ0) is 23.0. The van der Waals surface area contributed by atoms with E-state index in [1.807, 2.05) is 0 Å². The molecule has 1 fully saturated rings. The van der Waals surface area contributed by atoms with Crippen LogP contribution in [0, 0.1) is 11.7 Å². The summed E-state index contributed by atoms with van der Waals surface area (Å²) in [5.74, 6) is -0.698. The van der Waals surface area contributed by atoms with Gasteiger partial charge in [-0.2, -0.15) is 0 Å². The Hall–Kier alpha value is -1.91. The van der Waals surface area contributed by atoms with E-state index in [0.29, 0.717) is 38.1 Å². The van der Waals surface area contributed by atoms with Crippen LogP contribution >= 0.6 is 0 Å². The molecule has 32 heavy (non-hydrogen) atoms. The predicted octanol–water partition coefficient (Wildman–Crippen LogP) is 6.92. The van der Waals surface area contributed by atoms with Crippen LogP contribution < -0.4 is 0 Å². The van der Waals surface area contributed by atoms with E-state index in [9.17, 15) is 14.0 Å². The van der Waals surface area contributed by atoms with Crippen LogP contribution in [0.1, 0.15) is 107 Å². The normalized spacial score (nSPS) is 14.5. The Morgan fingerprint density at radius 3 is 1.88 bits per heavy atom. The molecule has 1 aliphatic rings. The molecule has 1 amide bonds. The van der Waals surface area contributed by atoms with Gasteiger partial charge in [-0.1, -0.05) is 77.6 Å². The van der Waals surface area contributed by atoms with Gasteiger partial charge >= 0.3 is 5.97 Å². The summed E-state index contributed by atoms with van der Waals surface area (Å²) in [5, 5.41) is 0. The molecule has 0 aliphatic carbocycles. The average molecular weight is 448 g/mol.